The molecule has 2 heteroatoms. The lowest BCUT2D eigenvalue weighted by molar-refractivity contribution is 0.0886. The Hall–Kier alpha value is -0.0800. The maximum atomic E-state index is 5.87. The van der Waals surface area contributed by atoms with E-state index in [2.05, 4.69) is 33.0 Å². The Kier molecular flexibility index (Phi) is 10.4. The molecule has 0 aliphatic heterocycles. The van der Waals surface area contributed by atoms with E-state index < -0.39 is 0 Å². The molecule has 0 bridgehead atoms. The van der Waals surface area contributed by atoms with Gasteiger partial charge in [0, 0.05) is 19.3 Å². The van der Waals surface area contributed by atoms with Crippen LogP contribution in [0.2, 0.25) is 0 Å². The average Bonchev–Trinajstić information content (AvgIpc) is 2.46. The highest BCUT2D eigenvalue weighted by atomic mass is 16.5. The Morgan fingerprint density at radius 2 is 1.86 bits per heavy atom. The number of hydrogen-bond acceptors (Lipinski definition) is 2. The first-order chi connectivity index (χ1) is 10.2. The quantitative estimate of drug-likeness (QED) is 0.540. The highest BCUT2D eigenvalue weighted by molar-refractivity contribution is 4.84. The van der Waals surface area contributed by atoms with Gasteiger partial charge in [-0.2, -0.15) is 0 Å². The molecule has 0 aromatic carbocycles. The van der Waals surface area contributed by atoms with Crippen LogP contribution in [0.3, 0.4) is 0 Å². The average molecular weight is 298 g/mol. The Balaban J connectivity index is 2.31. The van der Waals surface area contributed by atoms with Crippen LogP contribution in [0.25, 0.3) is 0 Å². The van der Waals surface area contributed by atoms with Crippen molar-refractivity contribution in [3.05, 3.63) is 0 Å². The molecule has 1 fully saturated rings. The number of rotatable bonds is 11. The van der Waals surface area contributed by atoms with Crippen molar-refractivity contribution in [3.8, 4) is 0 Å². The molecule has 0 radical (unpaired) electrons. The van der Waals surface area contributed by atoms with E-state index in [1.807, 2.05) is 0 Å². The zero-order valence-corrected chi connectivity index (χ0v) is 15.0. The van der Waals surface area contributed by atoms with Crippen LogP contribution in [0.15, 0.2) is 0 Å². The molecule has 0 aromatic heterocycles. The van der Waals surface area contributed by atoms with Crippen molar-refractivity contribution in [2.75, 3.05) is 19.8 Å². The first-order valence-electron chi connectivity index (χ1n) is 9.48. The van der Waals surface area contributed by atoms with Gasteiger partial charge in [0.05, 0.1) is 0 Å². The van der Waals surface area contributed by atoms with Crippen LogP contribution < -0.4 is 5.32 Å². The second-order valence-corrected chi connectivity index (χ2v) is 7.37. The highest BCUT2D eigenvalue weighted by Gasteiger charge is 2.29. The van der Waals surface area contributed by atoms with Crippen LogP contribution in [0, 0.1) is 17.8 Å². The molecule has 0 spiro atoms. The van der Waals surface area contributed by atoms with E-state index in [0.717, 1.165) is 37.0 Å². The smallest absolute Gasteiger partial charge is 0.0469 e. The third-order valence-corrected chi connectivity index (χ3v) is 4.92. The summed E-state index contributed by atoms with van der Waals surface area (Å²) in [6.07, 6.45) is 10.7. The van der Waals surface area contributed by atoms with Gasteiger partial charge in [-0.15, -0.1) is 0 Å². The van der Waals surface area contributed by atoms with Gasteiger partial charge >= 0.3 is 0 Å². The molecular formula is C19H39NO. The zero-order valence-electron chi connectivity index (χ0n) is 15.0. The van der Waals surface area contributed by atoms with E-state index in [1.165, 1.54) is 57.9 Å². The SMILES string of the molecule is CCCNC1CCC(CCC)CC1CCOCCC(C)C. The minimum Gasteiger partial charge on any atom is -0.381 e. The fraction of sp³-hybridized carbons (Fsp3) is 1.00. The second kappa shape index (κ2) is 11.5. The van der Waals surface area contributed by atoms with Gasteiger partial charge in [0.25, 0.3) is 0 Å². The molecule has 1 saturated carbocycles. The summed E-state index contributed by atoms with van der Waals surface area (Å²) in [7, 11) is 0. The van der Waals surface area contributed by atoms with Gasteiger partial charge in [-0.05, 0) is 62.8 Å². The zero-order chi connectivity index (χ0) is 15.5. The lowest BCUT2D eigenvalue weighted by Gasteiger charge is -2.37. The Labute approximate surface area is 133 Å². The predicted molar refractivity (Wildman–Crippen MR) is 92.7 cm³/mol. The van der Waals surface area contributed by atoms with Crippen molar-refractivity contribution in [3.63, 3.8) is 0 Å². The molecule has 3 atom stereocenters. The van der Waals surface area contributed by atoms with Gasteiger partial charge in [-0.3, -0.25) is 0 Å². The molecule has 0 heterocycles. The minimum atomic E-state index is 0.742. The minimum absolute atomic E-state index is 0.742. The lowest BCUT2D eigenvalue weighted by atomic mass is 9.75. The van der Waals surface area contributed by atoms with E-state index >= 15 is 0 Å². The fourth-order valence-electron chi connectivity index (χ4n) is 3.60. The first-order valence-corrected chi connectivity index (χ1v) is 9.48. The van der Waals surface area contributed by atoms with Crippen LogP contribution in [-0.4, -0.2) is 25.8 Å². The van der Waals surface area contributed by atoms with E-state index in [-0.39, 0.29) is 0 Å². The van der Waals surface area contributed by atoms with Crippen molar-refractivity contribution in [1.29, 1.82) is 0 Å². The summed E-state index contributed by atoms with van der Waals surface area (Å²) >= 11 is 0. The van der Waals surface area contributed by atoms with E-state index in [4.69, 9.17) is 4.74 Å². The van der Waals surface area contributed by atoms with Crippen LogP contribution in [0.1, 0.15) is 79.1 Å². The van der Waals surface area contributed by atoms with Gasteiger partial charge in [0.15, 0.2) is 0 Å². The van der Waals surface area contributed by atoms with Gasteiger partial charge in [0.2, 0.25) is 0 Å². The Morgan fingerprint density at radius 3 is 2.52 bits per heavy atom. The Bertz CT molecular complexity index is 242. The molecule has 0 aromatic rings. The Morgan fingerprint density at radius 1 is 1.05 bits per heavy atom. The van der Waals surface area contributed by atoms with Gasteiger partial charge in [-0.25, -0.2) is 0 Å². The third kappa shape index (κ3) is 8.21. The molecule has 1 aliphatic carbocycles. The second-order valence-electron chi connectivity index (χ2n) is 7.37. The standard InChI is InChI=1S/C19H39NO/c1-5-7-17-8-9-19(20-12-6-2)18(15-17)11-14-21-13-10-16(3)4/h16-20H,5-15H2,1-4H3. The van der Waals surface area contributed by atoms with E-state index in [1.54, 1.807) is 0 Å². The molecule has 3 unspecified atom stereocenters. The summed E-state index contributed by atoms with van der Waals surface area (Å²) < 4.78 is 5.87. The monoisotopic (exact) mass is 297 g/mol. The van der Waals surface area contributed by atoms with E-state index in [0.29, 0.717) is 0 Å². The third-order valence-electron chi connectivity index (χ3n) is 4.92. The summed E-state index contributed by atoms with van der Waals surface area (Å²) in [5.41, 5.74) is 0. The molecular weight excluding hydrogens is 258 g/mol. The molecule has 21 heavy (non-hydrogen) atoms. The van der Waals surface area contributed by atoms with Crippen LogP contribution in [0.5, 0.6) is 0 Å². The number of hydrogen-bond donors (Lipinski definition) is 1. The number of nitrogens with one attached hydrogen (secondary N) is 1. The topological polar surface area (TPSA) is 21.3 Å². The molecule has 0 saturated heterocycles. The molecule has 1 rings (SSSR count). The molecule has 0 amide bonds. The lowest BCUT2D eigenvalue weighted by Crippen LogP contribution is -2.41. The molecule has 1 aliphatic rings. The first kappa shape index (κ1) is 19.0. The maximum absolute atomic E-state index is 5.87. The van der Waals surface area contributed by atoms with Crippen molar-refractivity contribution >= 4 is 0 Å². The van der Waals surface area contributed by atoms with Crippen LogP contribution in [0.4, 0.5) is 0 Å². The summed E-state index contributed by atoms with van der Waals surface area (Å²) in [5.74, 6) is 2.56. The largest absolute Gasteiger partial charge is 0.381 e. The van der Waals surface area contributed by atoms with Crippen molar-refractivity contribution in [1.82, 2.24) is 5.32 Å². The fourth-order valence-corrected chi connectivity index (χ4v) is 3.60. The predicted octanol–water partition coefficient (Wildman–Crippen LogP) is 5.02. The molecule has 2 nitrogen and oxygen atoms in total. The summed E-state index contributed by atoms with van der Waals surface area (Å²) in [6.45, 7) is 12.2. The summed E-state index contributed by atoms with van der Waals surface area (Å²) in [4.78, 5) is 0. The van der Waals surface area contributed by atoms with Crippen molar-refractivity contribution in [2.45, 2.75) is 85.1 Å². The van der Waals surface area contributed by atoms with Crippen LogP contribution in [-0.2, 0) is 4.74 Å². The molecule has 126 valence electrons. The van der Waals surface area contributed by atoms with Crippen molar-refractivity contribution < 1.29 is 4.74 Å². The van der Waals surface area contributed by atoms with E-state index in [9.17, 15) is 0 Å². The summed E-state index contributed by atoms with van der Waals surface area (Å²) in [5, 5.41) is 3.79. The maximum Gasteiger partial charge on any atom is 0.0469 e. The highest BCUT2D eigenvalue weighted by Crippen LogP contribution is 2.34. The normalized spacial score (nSPS) is 26.4. The van der Waals surface area contributed by atoms with Crippen molar-refractivity contribution in [2.24, 2.45) is 17.8 Å². The van der Waals surface area contributed by atoms with Gasteiger partial charge < -0.3 is 10.1 Å². The molecule has 1 N–H and O–H groups in total. The van der Waals surface area contributed by atoms with Gasteiger partial charge in [-0.1, -0.05) is 40.5 Å². The van der Waals surface area contributed by atoms with Gasteiger partial charge in [0.1, 0.15) is 0 Å². The van der Waals surface area contributed by atoms with Crippen LogP contribution >= 0.6 is 0 Å². The summed E-state index contributed by atoms with van der Waals surface area (Å²) in [6, 6.07) is 0.742. The number of ether oxygens (including phenoxy) is 1.